The summed E-state index contributed by atoms with van der Waals surface area (Å²) in [4.78, 5) is 0. The van der Waals surface area contributed by atoms with Gasteiger partial charge in [0.05, 0.1) is 16.9 Å². The molecule has 3 aromatic heterocycles. The van der Waals surface area contributed by atoms with Crippen molar-refractivity contribution in [3.8, 4) is 5.69 Å². The fourth-order valence-corrected chi connectivity index (χ4v) is 6.92. The Labute approximate surface area is 275 Å². The van der Waals surface area contributed by atoms with Gasteiger partial charge in [-0.1, -0.05) is 124 Å². The van der Waals surface area contributed by atoms with Crippen LogP contribution in [0.3, 0.4) is 0 Å². The summed E-state index contributed by atoms with van der Waals surface area (Å²) in [5.74, 6) is 0. The zero-order valence-corrected chi connectivity index (χ0v) is 27.3. The summed E-state index contributed by atoms with van der Waals surface area (Å²) in [5.41, 5.74) is 12.0. The minimum absolute atomic E-state index is 0.828. The van der Waals surface area contributed by atoms with Crippen LogP contribution >= 0.6 is 0 Å². The second-order valence-corrected chi connectivity index (χ2v) is 11.2. The van der Waals surface area contributed by atoms with Gasteiger partial charge in [0, 0.05) is 38.1 Å². The Hall–Kier alpha value is -5.80. The molecule has 5 aromatic carbocycles. The molecular weight excluding hydrogens is 574 g/mol. The normalized spacial score (nSPS) is 12.0. The quantitative estimate of drug-likeness (QED) is 0.187. The highest BCUT2D eigenvalue weighted by atomic mass is 16.3. The largest absolute Gasteiger partial charge is 0.455 e. The van der Waals surface area contributed by atoms with Gasteiger partial charge in [0.1, 0.15) is 16.7 Å². The average Bonchev–Trinajstić information content (AvgIpc) is 3.78. The highest BCUT2D eigenvalue weighted by Crippen LogP contribution is 2.42. The van der Waals surface area contributed by atoms with Crippen molar-refractivity contribution >= 4 is 78.6 Å². The predicted octanol–water partition coefficient (Wildman–Crippen LogP) is 13.2. The van der Waals surface area contributed by atoms with Crippen molar-refractivity contribution in [2.75, 3.05) is 0 Å². The SMILES string of the molecule is C=Cc1ccccc1/C(=C\C)c1cccc2c1oc1cc3c(cc12)oc1c(-n2c(/C=C\C)c(C=C)c4ccccc42)cccc13.CC. The fraction of sp³-hybridized carbons (Fsp3) is 0.0909. The summed E-state index contributed by atoms with van der Waals surface area (Å²) < 4.78 is 15.7. The highest BCUT2D eigenvalue weighted by Gasteiger charge is 2.21. The van der Waals surface area contributed by atoms with E-state index in [1.54, 1.807) is 0 Å². The number of hydrogen-bond donors (Lipinski definition) is 0. The summed E-state index contributed by atoms with van der Waals surface area (Å²) in [7, 11) is 0. The van der Waals surface area contributed by atoms with E-state index in [0.717, 1.165) is 94.0 Å². The Kier molecular flexibility index (Phi) is 7.75. The van der Waals surface area contributed by atoms with Gasteiger partial charge in [0.15, 0.2) is 5.58 Å². The lowest BCUT2D eigenvalue weighted by Gasteiger charge is -2.11. The topological polar surface area (TPSA) is 31.2 Å². The smallest absolute Gasteiger partial charge is 0.159 e. The van der Waals surface area contributed by atoms with Crippen molar-refractivity contribution in [2.45, 2.75) is 27.7 Å². The van der Waals surface area contributed by atoms with Crippen LogP contribution in [0.4, 0.5) is 0 Å². The maximum absolute atomic E-state index is 6.75. The molecule has 0 saturated carbocycles. The first-order chi connectivity index (χ1) is 23.2. The van der Waals surface area contributed by atoms with Crippen LogP contribution in [0.2, 0.25) is 0 Å². The molecule has 0 aliphatic carbocycles. The zero-order valence-electron chi connectivity index (χ0n) is 27.3. The van der Waals surface area contributed by atoms with Crippen LogP contribution in [0.1, 0.15) is 55.6 Å². The van der Waals surface area contributed by atoms with Gasteiger partial charge in [-0.3, -0.25) is 0 Å². The van der Waals surface area contributed by atoms with Crippen LogP contribution in [0.15, 0.2) is 131 Å². The molecule has 0 bridgehead atoms. The molecule has 0 saturated heterocycles. The second kappa shape index (κ2) is 12.2. The molecular formula is C44H37NO2. The molecule has 0 amide bonds. The van der Waals surface area contributed by atoms with Gasteiger partial charge in [-0.15, -0.1) is 0 Å². The molecule has 0 N–H and O–H groups in total. The molecule has 0 radical (unpaired) electrons. The van der Waals surface area contributed by atoms with E-state index in [-0.39, 0.29) is 0 Å². The van der Waals surface area contributed by atoms with E-state index < -0.39 is 0 Å². The Morgan fingerprint density at radius 1 is 0.638 bits per heavy atom. The van der Waals surface area contributed by atoms with Crippen LogP contribution in [-0.2, 0) is 0 Å². The first kappa shape index (κ1) is 29.9. The molecule has 8 aromatic rings. The van der Waals surface area contributed by atoms with E-state index in [9.17, 15) is 0 Å². The first-order valence-corrected chi connectivity index (χ1v) is 16.2. The predicted molar refractivity (Wildman–Crippen MR) is 203 cm³/mol. The van der Waals surface area contributed by atoms with E-state index in [2.05, 4.69) is 134 Å². The maximum atomic E-state index is 6.75. The van der Waals surface area contributed by atoms with Crippen molar-refractivity contribution in [3.63, 3.8) is 0 Å². The number of fused-ring (bicyclic) bond motifs is 7. The second-order valence-electron chi connectivity index (χ2n) is 11.2. The van der Waals surface area contributed by atoms with Gasteiger partial charge in [0.25, 0.3) is 0 Å². The number of benzene rings is 5. The number of aromatic nitrogens is 1. The number of para-hydroxylation sites is 3. The van der Waals surface area contributed by atoms with Gasteiger partial charge in [-0.25, -0.2) is 0 Å². The van der Waals surface area contributed by atoms with E-state index in [1.165, 1.54) is 0 Å². The molecule has 8 rings (SSSR count). The Morgan fingerprint density at radius 2 is 1.26 bits per heavy atom. The van der Waals surface area contributed by atoms with Crippen molar-refractivity contribution in [3.05, 3.63) is 150 Å². The molecule has 0 fully saturated rings. The van der Waals surface area contributed by atoms with Crippen molar-refractivity contribution in [1.29, 1.82) is 0 Å². The summed E-state index contributed by atoms with van der Waals surface area (Å²) in [6.45, 7) is 16.3. The molecule has 3 nitrogen and oxygen atoms in total. The van der Waals surface area contributed by atoms with E-state index in [0.29, 0.717) is 0 Å². The van der Waals surface area contributed by atoms with Crippen LogP contribution in [0.25, 0.3) is 84.3 Å². The Morgan fingerprint density at radius 3 is 1.96 bits per heavy atom. The standard InChI is InChI=1S/C42H31NO2.C2H6/c1-5-15-36-28(8-4)30-18-11-12-22-37(30)43(36)38-23-14-21-33-35-25-39-34(24-40(35)45-42(33)38)32-20-13-19-31(41(32)44-39)27(7-3)29-17-10-9-16-26(29)6-2;1-2/h5-25H,2,4H2,1,3H3;1-2H3/b15-5-,27-7+;. The van der Waals surface area contributed by atoms with Crippen LogP contribution in [0.5, 0.6) is 0 Å². The number of rotatable bonds is 6. The lowest BCUT2D eigenvalue weighted by atomic mass is 9.92. The lowest BCUT2D eigenvalue weighted by Crippen LogP contribution is -1.97. The minimum atomic E-state index is 0.828. The molecule has 0 aliphatic heterocycles. The summed E-state index contributed by atoms with van der Waals surface area (Å²) >= 11 is 0. The third-order valence-corrected chi connectivity index (χ3v) is 8.87. The summed E-state index contributed by atoms with van der Waals surface area (Å²) in [5, 5.41) is 5.31. The lowest BCUT2D eigenvalue weighted by molar-refractivity contribution is 0.662. The van der Waals surface area contributed by atoms with E-state index in [4.69, 9.17) is 8.83 Å². The third-order valence-electron chi connectivity index (χ3n) is 8.87. The van der Waals surface area contributed by atoms with Gasteiger partial charge in [0.2, 0.25) is 0 Å². The van der Waals surface area contributed by atoms with E-state index >= 15 is 0 Å². The van der Waals surface area contributed by atoms with Crippen LogP contribution in [0, 0.1) is 0 Å². The van der Waals surface area contributed by atoms with Crippen molar-refractivity contribution < 1.29 is 8.83 Å². The molecule has 0 unspecified atom stereocenters. The highest BCUT2D eigenvalue weighted by molar-refractivity contribution is 6.17. The summed E-state index contributed by atoms with van der Waals surface area (Å²) in [6, 6.07) is 33.8. The van der Waals surface area contributed by atoms with Crippen molar-refractivity contribution in [1.82, 2.24) is 4.57 Å². The Balaban J connectivity index is 0.00000172. The average molecular weight is 612 g/mol. The van der Waals surface area contributed by atoms with Gasteiger partial charge >= 0.3 is 0 Å². The van der Waals surface area contributed by atoms with Crippen molar-refractivity contribution in [2.24, 2.45) is 0 Å². The van der Waals surface area contributed by atoms with Gasteiger partial charge in [-0.2, -0.15) is 0 Å². The Bertz CT molecular complexity index is 2540. The number of furan rings is 2. The molecule has 0 aliphatic rings. The minimum Gasteiger partial charge on any atom is -0.455 e. The first-order valence-electron chi connectivity index (χ1n) is 16.2. The van der Waals surface area contributed by atoms with Gasteiger partial charge < -0.3 is 13.4 Å². The van der Waals surface area contributed by atoms with Crippen LogP contribution in [-0.4, -0.2) is 4.57 Å². The molecule has 3 heteroatoms. The molecule has 3 heterocycles. The number of allylic oxidation sites excluding steroid dienone is 2. The maximum Gasteiger partial charge on any atom is 0.159 e. The third kappa shape index (κ3) is 4.58. The molecule has 47 heavy (non-hydrogen) atoms. The molecule has 0 spiro atoms. The van der Waals surface area contributed by atoms with E-state index in [1.807, 2.05) is 39.0 Å². The summed E-state index contributed by atoms with van der Waals surface area (Å²) in [6.07, 6.45) is 10.2. The number of hydrogen-bond acceptors (Lipinski definition) is 2. The molecule has 230 valence electrons. The number of nitrogens with zero attached hydrogens (tertiary/aromatic N) is 1. The zero-order chi connectivity index (χ0) is 32.7. The van der Waals surface area contributed by atoms with Crippen LogP contribution < -0.4 is 0 Å². The fourth-order valence-electron chi connectivity index (χ4n) is 6.92. The molecule has 0 atom stereocenters. The van der Waals surface area contributed by atoms with Gasteiger partial charge in [-0.05, 0) is 60.9 Å². The monoisotopic (exact) mass is 611 g/mol.